The summed E-state index contributed by atoms with van der Waals surface area (Å²) in [5.74, 6) is 0. The van der Waals surface area contributed by atoms with Crippen LogP contribution in [0.25, 0.3) is 0 Å². The van der Waals surface area contributed by atoms with E-state index in [4.69, 9.17) is 20.3 Å². The minimum atomic E-state index is -0.983. The third-order valence-corrected chi connectivity index (χ3v) is 1.39. The van der Waals surface area contributed by atoms with Gasteiger partial charge < -0.3 is 20.3 Å². The molecular weight excluding hydrogens is 361 g/mol. The molecule has 3 N–H and O–H groups in total. The first-order chi connectivity index (χ1) is 6.31. The maximum absolute atomic E-state index is 12.7. The van der Waals surface area contributed by atoms with E-state index >= 15 is 0 Å². The van der Waals surface area contributed by atoms with Crippen molar-refractivity contribution < 1.29 is 40.0 Å². The van der Waals surface area contributed by atoms with Crippen molar-refractivity contribution in [1.82, 2.24) is 0 Å². The second-order valence-electron chi connectivity index (χ2n) is 2.59. The summed E-state index contributed by atoms with van der Waals surface area (Å²) in [5, 5.41) is 8.34. The summed E-state index contributed by atoms with van der Waals surface area (Å²) in [6.45, 7) is 1.44. The van der Waals surface area contributed by atoms with Gasteiger partial charge in [-0.1, -0.05) is 0 Å². The van der Waals surface area contributed by atoms with Crippen molar-refractivity contribution in [2.24, 2.45) is 5.73 Å². The molecule has 4 nitrogen and oxygen atoms in total. The SMILES string of the molecule is NCCC(F)COCCOCCO.[W]. The molecule has 14 heavy (non-hydrogen) atoms. The zero-order valence-corrected chi connectivity index (χ0v) is 11.1. The molecule has 0 amide bonds. The third-order valence-electron chi connectivity index (χ3n) is 1.39. The summed E-state index contributed by atoms with van der Waals surface area (Å²) in [6.07, 6.45) is -0.653. The van der Waals surface area contributed by atoms with E-state index in [9.17, 15) is 4.39 Å². The van der Waals surface area contributed by atoms with E-state index in [0.717, 1.165) is 0 Å². The van der Waals surface area contributed by atoms with Gasteiger partial charge in [0.1, 0.15) is 6.17 Å². The van der Waals surface area contributed by atoms with Crippen LogP contribution in [0.4, 0.5) is 4.39 Å². The molecule has 1 atom stereocenters. The molecule has 0 aliphatic rings. The maximum Gasteiger partial charge on any atom is 0.125 e. The zero-order chi connectivity index (χ0) is 9.94. The Kier molecular flexibility index (Phi) is 16.2. The van der Waals surface area contributed by atoms with E-state index in [2.05, 4.69) is 0 Å². The van der Waals surface area contributed by atoms with Crippen molar-refractivity contribution in [3.05, 3.63) is 0 Å². The van der Waals surface area contributed by atoms with Crippen LogP contribution in [0.15, 0.2) is 0 Å². The van der Waals surface area contributed by atoms with Crippen LogP contribution in [0.2, 0.25) is 0 Å². The molecule has 0 saturated carbocycles. The van der Waals surface area contributed by atoms with E-state index in [1.54, 1.807) is 0 Å². The molecule has 0 rings (SSSR count). The predicted molar refractivity (Wildman–Crippen MR) is 47.3 cm³/mol. The number of aliphatic hydroxyl groups excluding tert-OH is 1. The van der Waals surface area contributed by atoms with E-state index in [1.807, 2.05) is 0 Å². The fourth-order valence-electron chi connectivity index (χ4n) is 0.760. The summed E-state index contributed by atoms with van der Waals surface area (Å²) in [7, 11) is 0. The molecule has 0 bridgehead atoms. The number of halogens is 1. The Morgan fingerprint density at radius 3 is 2.43 bits per heavy atom. The third kappa shape index (κ3) is 12.5. The molecule has 1 unspecified atom stereocenters. The molecule has 0 aliphatic heterocycles. The van der Waals surface area contributed by atoms with Crippen LogP contribution >= 0.6 is 0 Å². The van der Waals surface area contributed by atoms with Crippen LogP contribution in [0.1, 0.15) is 6.42 Å². The first kappa shape index (κ1) is 16.9. The fourth-order valence-corrected chi connectivity index (χ4v) is 0.760. The molecule has 86 valence electrons. The van der Waals surface area contributed by atoms with Gasteiger partial charge in [-0.05, 0) is 13.0 Å². The maximum atomic E-state index is 12.7. The molecule has 0 saturated heterocycles. The van der Waals surface area contributed by atoms with Gasteiger partial charge in [-0.15, -0.1) is 0 Å². The van der Waals surface area contributed by atoms with Crippen LogP contribution in [-0.4, -0.2) is 50.9 Å². The van der Waals surface area contributed by atoms with Crippen molar-refractivity contribution in [3.8, 4) is 0 Å². The monoisotopic (exact) mass is 379 g/mol. The van der Waals surface area contributed by atoms with Crippen molar-refractivity contribution in [1.29, 1.82) is 0 Å². The smallest absolute Gasteiger partial charge is 0.125 e. The zero-order valence-electron chi connectivity index (χ0n) is 8.15. The van der Waals surface area contributed by atoms with Crippen LogP contribution in [0.3, 0.4) is 0 Å². The first-order valence-corrected chi connectivity index (χ1v) is 4.41. The second-order valence-corrected chi connectivity index (χ2v) is 2.59. The molecule has 0 radical (unpaired) electrons. The number of nitrogens with two attached hydrogens (primary N) is 1. The minimum Gasteiger partial charge on any atom is -0.394 e. The molecule has 0 fully saturated rings. The molecule has 0 aromatic heterocycles. The van der Waals surface area contributed by atoms with Gasteiger partial charge in [-0.25, -0.2) is 4.39 Å². The average molecular weight is 379 g/mol. The van der Waals surface area contributed by atoms with Crippen LogP contribution < -0.4 is 5.73 Å². The van der Waals surface area contributed by atoms with Crippen molar-refractivity contribution >= 4 is 0 Å². The fraction of sp³-hybridized carbons (Fsp3) is 1.00. The van der Waals surface area contributed by atoms with E-state index in [-0.39, 0.29) is 34.3 Å². The van der Waals surface area contributed by atoms with E-state index in [0.29, 0.717) is 32.8 Å². The quantitative estimate of drug-likeness (QED) is 0.540. The number of ether oxygens (including phenoxy) is 2. The van der Waals surface area contributed by atoms with Gasteiger partial charge in [0, 0.05) is 21.1 Å². The van der Waals surface area contributed by atoms with E-state index < -0.39 is 6.17 Å². The van der Waals surface area contributed by atoms with Gasteiger partial charge >= 0.3 is 0 Å². The molecular formula is C8H18FNO3W. The molecule has 0 heterocycles. The van der Waals surface area contributed by atoms with Gasteiger partial charge in [-0.2, -0.15) is 0 Å². The van der Waals surface area contributed by atoms with Gasteiger partial charge in [0.05, 0.1) is 33.0 Å². The number of hydrogen-bond acceptors (Lipinski definition) is 4. The topological polar surface area (TPSA) is 64.7 Å². The number of aliphatic hydroxyl groups is 1. The Bertz CT molecular complexity index is 111. The Morgan fingerprint density at radius 2 is 1.86 bits per heavy atom. The Hall–Kier alpha value is 0.458. The van der Waals surface area contributed by atoms with E-state index in [1.165, 1.54) is 0 Å². The first-order valence-electron chi connectivity index (χ1n) is 4.41. The Morgan fingerprint density at radius 1 is 1.21 bits per heavy atom. The molecule has 6 heteroatoms. The normalized spacial score (nSPS) is 12.2. The minimum absolute atomic E-state index is 0. The number of hydrogen-bond donors (Lipinski definition) is 2. The van der Waals surface area contributed by atoms with Gasteiger partial charge in [0.15, 0.2) is 0 Å². The summed E-state index contributed by atoms with van der Waals surface area (Å²) in [4.78, 5) is 0. The molecule has 0 aromatic rings. The van der Waals surface area contributed by atoms with Crippen LogP contribution in [-0.2, 0) is 30.5 Å². The summed E-state index contributed by atoms with van der Waals surface area (Å²) in [6, 6.07) is 0. The summed E-state index contributed by atoms with van der Waals surface area (Å²) in [5.41, 5.74) is 5.15. The summed E-state index contributed by atoms with van der Waals surface area (Å²) >= 11 is 0. The van der Waals surface area contributed by atoms with Gasteiger partial charge in [0.25, 0.3) is 0 Å². The standard InChI is InChI=1S/C8H18FNO3.W/c9-8(1-2-10)7-13-6-5-12-4-3-11;/h8,11H,1-7,10H2;. The number of rotatable bonds is 9. The Labute approximate surface area is 98.2 Å². The summed E-state index contributed by atoms with van der Waals surface area (Å²) < 4.78 is 22.6. The van der Waals surface area contributed by atoms with Crippen molar-refractivity contribution in [2.75, 3.05) is 39.6 Å². The van der Waals surface area contributed by atoms with Crippen LogP contribution in [0.5, 0.6) is 0 Å². The molecule has 0 aromatic carbocycles. The predicted octanol–water partition coefficient (Wildman–Crippen LogP) is -0.304. The Balaban J connectivity index is 0. The largest absolute Gasteiger partial charge is 0.394 e. The molecule has 0 spiro atoms. The number of alkyl halides is 1. The average Bonchev–Trinajstić information content (AvgIpc) is 2.11. The van der Waals surface area contributed by atoms with Crippen LogP contribution in [0, 0.1) is 0 Å². The van der Waals surface area contributed by atoms with Gasteiger partial charge in [-0.3, -0.25) is 0 Å². The second kappa shape index (κ2) is 13.5. The van der Waals surface area contributed by atoms with Crippen molar-refractivity contribution in [3.63, 3.8) is 0 Å². The molecule has 0 aliphatic carbocycles. The van der Waals surface area contributed by atoms with Gasteiger partial charge in [0.2, 0.25) is 0 Å². The van der Waals surface area contributed by atoms with Crippen molar-refractivity contribution in [2.45, 2.75) is 12.6 Å².